The molecule has 130 valence electrons. The van der Waals surface area contributed by atoms with Crippen molar-refractivity contribution in [1.82, 2.24) is 15.6 Å². The number of ether oxygens (including phenoxy) is 1. The molecule has 1 heterocycles. The molecule has 5 nitrogen and oxygen atoms in total. The zero-order valence-corrected chi connectivity index (χ0v) is 15.4. The molecule has 2 rings (SSSR count). The average molecular weight is 346 g/mol. The van der Waals surface area contributed by atoms with Crippen molar-refractivity contribution in [3.8, 4) is 0 Å². The Labute approximate surface area is 148 Å². The van der Waals surface area contributed by atoms with E-state index < -0.39 is 0 Å². The Hall–Kier alpha value is -1.92. The molecule has 1 aromatic heterocycles. The molecule has 1 unspecified atom stereocenters. The van der Waals surface area contributed by atoms with Gasteiger partial charge >= 0.3 is 0 Å². The fraction of sp³-hybridized carbons (Fsp3) is 0.444. The zero-order chi connectivity index (χ0) is 17.2. The number of rotatable bonds is 8. The van der Waals surface area contributed by atoms with Gasteiger partial charge in [0.2, 0.25) is 0 Å². The quantitative estimate of drug-likeness (QED) is 0.570. The molecule has 0 radical (unpaired) electrons. The third-order valence-corrected chi connectivity index (χ3v) is 4.92. The molecule has 0 aliphatic heterocycles. The minimum absolute atomic E-state index is 0.00387. The molecular formula is C18H26N4OS. The first-order chi connectivity index (χ1) is 11.8. The zero-order valence-electron chi connectivity index (χ0n) is 14.6. The summed E-state index contributed by atoms with van der Waals surface area (Å²) < 4.78 is 5.57. The van der Waals surface area contributed by atoms with Gasteiger partial charge in [0.25, 0.3) is 0 Å². The van der Waals surface area contributed by atoms with Crippen LogP contribution in [-0.2, 0) is 17.6 Å². The molecule has 0 amide bonds. The number of nitrogens with zero attached hydrogens (tertiary/aromatic N) is 2. The standard InChI is InChI=1S/C18H26N4OS/c1-4-15-12-21-17(24-15)10-11-20-18(19-2)22-13-16(23-3)14-8-6-5-7-9-14/h5-9,12,16H,4,10-11,13H2,1-3H3,(H2,19,20,22). The minimum atomic E-state index is -0.00387. The first-order valence-corrected chi connectivity index (χ1v) is 9.04. The minimum Gasteiger partial charge on any atom is -0.375 e. The highest BCUT2D eigenvalue weighted by Crippen LogP contribution is 2.15. The molecule has 0 aliphatic rings. The molecule has 0 fully saturated rings. The highest BCUT2D eigenvalue weighted by Gasteiger charge is 2.10. The first kappa shape index (κ1) is 18.4. The van der Waals surface area contributed by atoms with Crippen LogP contribution in [0.15, 0.2) is 41.5 Å². The lowest BCUT2D eigenvalue weighted by Crippen LogP contribution is -2.40. The third-order valence-electron chi connectivity index (χ3n) is 3.72. The summed E-state index contributed by atoms with van der Waals surface area (Å²) in [4.78, 5) is 10.0. The summed E-state index contributed by atoms with van der Waals surface area (Å²) >= 11 is 1.78. The Morgan fingerprint density at radius 1 is 1.29 bits per heavy atom. The van der Waals surface area contributed by atoms with Gasteiger partial charge in [-0.1, -0.05) is 37.3 Å². The van der Waals surface area contributed by atoms with Crippen LogP contribution < -0.4 is 10.6 Å². The number of hydrogen-bond donors (Lipinski definition) is 2. The van der Waals surface area contributed by atoms with Crippen LogP contribution in [0.4, 0.5) is 0 Å². The SMILES string of the molecule is CCc1cnc(CCNC(=NC)NCC(OC)c2ccccc2)s1. The van der Waals surface area contributed by atoms with E-state index in [1.54, 1.807) is 25.5 Å². The molecule has 2 N–H and O–H groups in total. The molecule has 1 atom stereocenters. The van der Waals surface area contributed by atoms with Gasteiger partial charge in [0.1, 0.15) is 0 Å². The van der Waals surface area contributed by atoms with Gasteiger partial charge in [-0.15, -0.1) is 11.3 Å². The normalized spacial score (nSPS) is 12.9. The maximum atomic E-state index is 5.57. The Bertz CT molecular complexity index is 627. The molecule has 0 saturated carbocycles. The Morgan fingerprint density at radius 2 is 2.08 bits per heavy atom. The number of methoxy groups -OCH3 is 1. The van der Waals surface area contributed by atoms with Crippen LogP contribution in [0.25, 0.3) is 0 Å². The molecule has 0 spiro atoms. The Kier molecular flexibility index (Phi) is 7.71. The van der Waals surface area contributed by atoms with Crippen molar-refractivity contribution in [2.45, 2.75) is 25.9 Å². The van der Waals surface area contributed by atoms with Crippen LogP contribution in [0.1, 0.15) is 28.5 Å². The number of aryl methyl sites for hydroxylation is 1. The summed E-state index contributed by atoms with van der Waals surface area (Å²) in [7, 11) is 3.50. The summed E-state index contributed by atoms with van der Waals surface area (Å²) in [6.07, 6.45) is 3.91. The van der Waals surface area contributed by atoms with E-state index >= 15 is 0 Å². The predicted octanol–water partition coefficient (Wildman–Crippen LogP) is 2.80. The largest absolute Gasteiger partial charge is 0.375 e. The summed E-state index contributed by atoms with van der Waals surface area (Å²) in [5.74, 6) is 0.778. The second kappa shape index (κ2) is 10.1. The number of guanidine groups is 1. The second-order valence-corrected chi connectivity index (χ2v) is 6.54. The maximum Gasteiger partial charge on any atom is 0.191 e. The predicted molar refractivity (Wildman–Crippen MR) is 101 cm³/mol. The molecule has 0 bridgehead atoms. The summed E-state index contributed by atoms with van der Waals surface area (Å²) in [5, 5.41) is 7.81. The van der Waals surface area contributed by atoms with Crippen molar-refractivity contribution in [1.29, 1.82) is 0 Å². The summed E-state index contributed by atoms with van der Waals surface area (Å²) in [5.41, 5.74) is 1.15. The van der Waals surface area contributed by atoms with E-state index in [4.69, 9.17) is 4.74 Å². The number of aliphatic imine (C=N–C) groups is 1. The van der Waals surface area contributed by atoms with Crippen LogP contribution in [0, 0.1) is 0 Å². The highest BCUT2D eigenvalue weighted by atomic mass is 32.1. The molecule has 0 saturated heterocycles. The number of hydrogen-bond acceptors (Lipinski definition) is 4. The van der Waals surface area contributed by atoms with E-state index in [1.807, 2.05) is 24.4 Å². The molecule has 0 aliphatic carbocycles. The van der Waals surface area contributed by atoms with Crippen LogP contribution in [0.2, 0.25) is 0 Å². The average Bonchev–Trinajstić information content (AvgIpc) is 3.09. The highest BCUT2D eigenvalue weighted by molar-refractivity contribution is 7.11. The lowest BCUT2D eigenvalue weighted by Gasteiger charge is -2.18. The van der Waals surface area contributed by atoms with Gasteiger partial charge in [-0.25, -0.2) is 4.98 Å². The van der Waals surface area contributed by atoms with Gasteiger partial charge in [0.15, 0.2) is 5.96 Å². The number of aromatic nitrogens is 1. The van der Waals surface area contributed by atoms with Gasteiger partial charge in [-0.05, 0) is 12.0 Å². The van der Waals surface area contributed by atoms with Gasteiger partial charge in [-0.3, -0.25) is 4.99 Å². The summed E-state index contributed by atoms with van der Waals surface area (Å²) in [6, 6.07) is 10.2. The van der Waals surface area contributed by atoms with Crippen molar-refractivity contribution in [2.75, 3.05) is 27.2 Å². The first-order valence-electron chi connectivity index (χ1n) is 8.22. The van der Waals surface area contributed by atoms with Crippen molar-refractivity contribution in [2.24, 2.45) is 4.99 Å². The molecular weight excluding hydrogens is 320 g/mol. The third kappa shape index (κ3) is 5.62. The van der Waals surface area contributed by atoms with Crippen molar-refractivity contribution >= 4 is 17.3 Å². The molecule has 6 heteroatoms. The van der Waals surface area contributed by atoms with Crippen LogP contribution in [-0.4, -0.2) is 38.2 Å². The smallest absolute Gasteiger partial charge is 0.191 e. The van der Waals surface area contributed by atoms with Crippen molar-refractivity contribution in [3.05, 3.63) is 52.0 Å². The number of benzene rings is 1. The van der Waals surface area contributed by atoms with E-state index in [9.17, 15) is 0 Å². The van der Waals surface area contributed by atoms with E-state index in [0.717, 1.165) is 35.9 Å². The van der Waals surface area contributed by atoms with Gasteiger partial charge in [0, 0.05) is 44.7 Å². The fourth-order valence-corrected chi connectivity index (χ4v) is 3.19. The second-order valence-electron chi connectivity index (χ2n) is 5.34. The van der Waals surface area contributed by atoms with Gasteiger partial charge in [0.05, 0.1) is 11.1 Å². The lowest BCUT2D eigenvalue weighted by atomic mass is 10.1. The lowest BCUT2D eigenvalue weighted by molar-refractivity contribution is 0.106. The topological polar surface area (TPSA) is 58.5 Å². The maximum absolute atomic E-state index is 5.57. The van der Waals surface area contributed by atoms with E-state index in [2.05, 4.69) is 39.7 Å². The Morgan fingerprint density at radius 3 is 2.71 bits per heavy atom. The monoisotopic (exact) mass is 346 g/mol. The van der Waals surface area contributed by atoms with E-state index in [-0.39, 0.29) is 6.10 Å². The molecule has 1 aromatic carbocycles. The number of nitrogens with one attached hydrogen (secondary N) is 2. The van der Waals surface area contributed by atoms with Crippen molar-refractivity contribution < 1.29 is 4.74 Å². The fourth-order valence-electron chi connectivity index (χ4n) is 2.33. The van der Waals surface area contributed by atoms with Crippen LogP contribution >= 0.6 is 11.3 Å². The van der Waals surface area contributed by atoms with E-state index in [0.29, 0.717) is 6.54 Å². The molecule has 2 aromatic rings. The summed E-state index contributed by atoms with van der Waals surface area (Å²) in [6.45, 7) is 3.62. The van der Waals surface area contributed by atoms with Crippen molar-refractivity contribution in [3.63, 3.8) is 0 Å². The Balaban J connectivity index is 1.77. The van der Waals surface area contributed by atoms with E-state index in [1.165, 1.54) is 4.88 Å². The van der Waals surface area contributed by atoms with Gasteiger partial charge < -0.3 is 15.4 Å². The molecule has 24 heavy (non-hydrogen) atoms. The van der Waals surface area contributed by atoms with Crippen LogP contribution in [0.5, 0.6) is 0 Å². The van der Waals surface area contributed by atoms with Crippen LogP contribution in [0.3, 0.4) is 0 Å². The van der Waals surface area contributed by atoms with Gasteiger partial charge in [-0.2, -0.15) is 0 Å². The number of thiazole rings is 1.